The molecule has 162 valence electrons. The largest absolute Gasteiger partial charge is 0.207 e. The van der Waals surface area contributed by atoms with Crippen LogP contribution in [-0.2, 0) is 0 Å². The van der Waals surface area contributed by atoms with Gasteiger partial charge in [0.15, 0.2) is 0 Å². The predicted molar refractivity (Wildman–Crippen MR) is 117 cm³/mol. The molecule has 0 atom stereocenters. The van der Waals surface area contributed by atoms with Crippen LogP contribution in [0.2, 0.25) is 0 Å². The Morgan fingerprint density at radius 3 is 1.83 bits per heavy atom. The average Bonchev–Trinajstić information content (AvgIpc) is 2.77. The molecule has 2 aromatic carbocycles. The summed E-state index contributed by atoms with van der Waals surface area (Å²) in [6.07, 6.45) is 11.6. The number of hydrogen-bond donors (Lipinski definition) is 0. The van der Waals surface area contributed by atoms with E-state index in [1.165, 1.54) is 64.0 Å². The molecule has 0 aromatic heterocycles. The topological polar surface area (TPSA) is 0 Å². The number of halogens is 3. The SMILES string of the molecule is CCC1CCC(C2CCC(c3ccc(-c4cc(F)c(C)c(F)c4)c(F)c3)CC2)CC1. The Bertz CT molecular complexity index is 849. The molecule has 2 saturated carbocycles. The summed E-state index contributed by atoms with van der Waals surface area (Å²) in [6.45, 7) is 3.70. The van der Waals surface area contributed by atoms with Gasteiger partial charge in [0.2, 0.25) is 0 Å². The van der Waals surface area contributed by atoms with Gasteiger partial charge in [-0.05, 0) is 98.4 Å². The quantitative estimate of drug-likeness (QED) is 0.470. The van der Waals surface area contributed by atoms with Crippen LogP contribution in [0.4, 0.5) is 13.2 Å². The van der Waals surface area contributed by atoms with Crippen LogP contribution in [0.1, 0.15) is 81.8 Å². The van der Waals surface area contributed by atoms with Crippen molar-refractivity contribution in [3.63, 3.8) is 0 Å². The maximum Gasteiger partial charge on any atom is 0.131 e. The summed E-state index contributed by atoms with van der Waals surface area (Å²) in [5.41, 5.74) is 1.51. The molecule has 2 fully saturated rings. The van der Waals surface area contributed by atoms with Crippen molar-refractivity contribution in [3.8, 4) is 11.1 Å². The molecule has 0 bridgehead atoms. The number of rotatable bonds is 4. The lowest BCUT2D eigenvalue weighted by molar-refractivity contribution is 0.158. The van der Waals surface area contributed by atoms with Gasteiger partial charge in [-0.15, -0.1) is 0 Å². The molecular formula is C27H33F3. The molecule has 0 heterocycles. The van der Waals surface area contributed by atoms with E-state index in [0.29, 0.717) is 5.92 Å². The van der Waals surface area contributed by atoms with Crippen molar-refractivity contribution >= 4 is 0 Å². The number of benzene rings is 2. The van der Waals surface area contributed by atoms with E-state index in [0.717, 1.165) is 36.2 Å². The minimum atomic E-state index is -0.639. The molecule has 2 aliphatic carbocycles. The van der Waals surface area contributed by atoms with Crippen LogP contribution in [0.15, 0.2) is 30.3 Å². The van der Waals surface area contributed by atoms with Gasteiger partial charge >= 0.3 is 0 Å². The van der Waals surface area contributed by atoms with Gasteiger partial charge in [-0.1, -0.05) is 38.3 Å². The van der Waals surface area contributed by atoms with Crippen molar-refractivity contribution in [1.82, 2.24) is 0 Å². The summed E-state index contributed by atoms with van der Waals surface area (Å²) >= 11 is 0. The Kier molecular flexibility index (Phi) is 6.55. The molecule has 0 spiro atoms. The maximum absolute atomic E-state index is 14.8. The minimum absolute atomic E-state index is 0.0317. The van der Waals surface area contributed by atoms with E-state index in [1.807, 2.05) is 6.07 Å². The Hall–Kier alpha value is -1.77. The molecule has 4 rings (SSSR count). The first-order chi connectivity index (χ1) is 14.5. The van der Waals surface area contributed by atoms with Gasteiger partial charge in [0.1, 0.15) is 17.5 Å². The fourth-order valence-corrected chi connectivity index (χ4v) is 5.81. The fourth-order valence-electron chi connectivity index (χ4n) is 5.81. The summed E-state index contributed by atoms with van der Waals surface area (Å²) in [7, 11) is 0. The third-order valence-corrected chi connectivity index (χ3v) is 7.96. The normalized spacial score (nSPS) is 27.2. The Morgan fingerprint density at radius 2 is 1.30 bits per heavy atom. The molecule has 30 heavy (non-hydrogen) atoms. The second-order valence-corrected chi connectivity index (χ2v) is 9.60. The molecule has 0 aliphatic heterocycles. The van der Waals surface area contributed by atoms with Gasteiger partial charge in [0.05, 0.1) is 0 Å². The third kappa shape index (κ3) is 4.45. The van der Waals surface area contributed by atoms with E-state index >= 15 is 0 Å². The summed E-state index contributed by atoms with van der Waals surface area (Å²) in [5.74, 6) is 1.38. The Morgan fingerprint density at radius 1 is 0.733 bits per heavy atom. The zero-order chi connectivity index (χ0) is 21.3. The highest BCUT2D eigenvalue weighted by Crippen LogP contribution is 2.44. The highest BCUT2D eigenvalue weighted by molar-refractivity contribution is 5.65. The average molecular weight is 415 g/mol. The van der Waals surface area contributed by atoms with Gasteiger partial charge in [-0.3, -0.25) is 0 Å². The molecule has 0 nitrogen and oxygen atoms in total. The smallest absolute Gasteiger partial charge is 0.131 e. The molecule has 2 aromatic rings. The van der Waals surface area contributed by atoms with Crippen molar-refractivity contribution in [1.29, 1.82) is 0 Å². The standard InChI is InChI=1S/C27H33F3/c1-3-18-4-6-19(7-5-18)20-8-10-21(11-9-20)22-12-13-24(27(30)14-22)23-15-25(28)17(2)26(29)16-23/h12-16,18-21H,3-11H2,1-2H3. The summed E-state index contributed by atoms with van der Waals surface area (Å²) in [4.78, 5) is 0. The van der Waals surface area contributed by atoms with Crippen LogP contribution >= 0.6 is 0 Å². The van der Waals surface area contributed by atoms with E-state index in [2.05, 4.69) is 6.92 Å². The van der Waals surface area contributed by atoms with Gasteiger partial charge in [0, 0.05) is 11.1 Å². The first kappa shape index (κ1) is 21.5. The highest BCUT2D eigenvalue weighted by atomic mass is 19.1. The van der Waals surface area contributed by atoms with Crippen LogP contribution in [0.5, 0.6) is 0 Å². The van der Waals surface area contributed by atoms with Crippen LogP contribution < -0.4 is 0 Å². The molecule has 2 aliphatic rings. The summed E-state index contributed by atoms with van der Waals surface area (Å²) in [6, 6.07) is 7.66. The Labute approximate surface area is 178 Å². The van der Waals surface area contributed by atoms with Crippen LogP contribution in [0, 0.1) is 42.1 Å². The lowest BCUT2D eigenvalue weighted by atomic mass is 9.68. The van der Waals surface area contributed by atoms with E-state index in [4.69, 9.17) is 0 Å². The van der Waals surface area contributed by atoms with Crippen molar-refractivity contribution in [2.24, 2.45) is 17.8 Å². The van der Waals surface area contributed by atoms with E-state index < -0.39 is 17.5 Å². The molecule has 0 unspecified atom stereocenters. The molecule has 3 heteroatoms. The highest BCUT2D eigenvalue weighted by Gasteiger charge is 2.31. The van der Waals surface area contributed by atoms with Crippen molar-refractivity contribution in [2.45, 2.75) is 77.6 Å². The zero-order valence-electron chi connectivity index (χ0n) is 18.2. The van der Waals surface area contributed by atoms with Crippen LogP contribution in [-0.4, -0.2) is 0 Å². The predicted octanol–water partition coefficient (Wildman–Crippen LogP) is 8.57. The molecule has 0 amide bonds. The molecule has 0 radical (unpaired) electrons. The first-order valence-corrected chi connectivity index (χ1v) is 11.7. The minimum Gasteiger partial charge on any atom is -0.207 e. The van der Waals surface area contributed by atoms with E-state index in [-0.39, 0.29) is 16.7 Å². The van der Waals surface area contributed by atoms with Gasteiger partial charge in [-0.2, -0.15) is 0 Å². The lowest BCUT2D eigenvalue weighted by Crippen LogP contribution is -2.25. The Balaban J connectivity index is 1.41. The van der Waals surface area contributed by atoms with Gasteiger partial charge < -0.3 is 0 Å². The molecule has 0 N–H and O–H groups in total. The van der Waals surface area contributed by atoms with Gasteiger partial charge in [0.25, 0.3) is 0 Å². The summed E-state index contributed by atoms with van der Waals surface area (Å²) < 4.78 is 42.6. The van der Waals surface area contributed by atoms with Crippen LogP contribution in [0.25, 0.3) is 11.1 Å². The second-order valence-electron chi connectivity index (χ2n) is 9.60. The maximum atomic E-state index is 14.8. The summed E-state index contributed by atoms with van der Waals surface area (Å²) in [5, 5.41) is 0. The van der Waals surface area contributed by atoms with E-state index in [9.17, 15) is 13.2 Å². The second kappa shape index (κ2) is 9.16. The van der Waals surface area contributed by atoms with Crippen molar-refractivity contribution in [3.05, 3.63) is 58.9 Å². The first-order valence-electron chi connectivity index (χ1n) is 11.7. The van der Waals surface area contributed by atoms with Crippen molar-refractivity contribution < 1.29 is 13.2 Å². The van der Waals surface area contributed by atoms with Gasteiger partial charge in [-0.25, -0.2) is 13.2 Å². The zero-order valence-corrected chi connectivity index (χ0v) is 18.2. The monoisotopic (exact) mass is 414 g/mol. The third-order valence-electron chi connectivity index (χ3n) is 7.96. The molecule has 0 saturated heterocycles. The van der Waals surface area contributed by atoms with Crippen molar-refractivity contribution in [2.75, 3.05) is 0 Å². The number of hydrogen-bond acceptors (Lipinski definition) is 0. The van der Waals surface area contributed by atoms with Crippen LogP contribution in [0.3, 0.4) is 0 Å². The lowest BCUT2D eigenvalue weighted by Gasteiger charge is -2.38. The van der Waals surface area contributed by atoms with E-state index in [1.54, 1.807) is 12.1 Å². The fraction of sp³-hybridized carbons (Fsp3) is 0.556. The molecular weight excluding hydrogens is 381 g/mol.